The lowest BCUT2D eigenvalue weighted by molar-refractivity contribution is 0.203. The van der Waals surface area contributed by atoms with Gasteiger partial charge in [-0.1, -0.05) is 13.8 Å². The van der Waals surface area contributed by atoms with Gasteiger partial charge in [0.05, 0.1) is 0 Å². The first-order chi connectivity index (χ1) is 7.43. The van der Waals surface area contributed by atoms with Gasteiger partial charge in [-0.25, -0.2) is 0 Å². The average molecular weight is 228 g/mol. The summed E-state index contributed by atoms with van der Waals surface area (Å²) in [7, 11) is 4.30. The Morgan fingerprint density at radius 2 is 1.38 bits per heavy atom. The highest BCUT2D eigenvalue weighted by atomic mass is 15.1. The Morgan fingerprint density at radius 1 is 0.812 bits per heavy atom. The fourth-order valence-electron chi connectivity index (χ4n) is 1.80. The van der Waals surface area contributed by atoms with Gasteiger partial charge in [0.1, 0.15) is 0 Å². The Hall–Kier alpha value is -0.0800. The minimum atomic E-state index is 0.693. The number of hydrogen-bond acceptors (Lipinski definition) is 2. The van der Waals surface area contributed by atoms with Crippen molar-refractivity contribution < 1.29 is 0 Å². The van der Waals surface area contributed by atoms with Crippen LogP contribution in [0, 0.1) is 5.92 Å². The van der Waals surface area contributed by atoms with Crippen molar-refractivity contribution in [2.24, 2.45) is 5.92 Å². The largest absolute Gasteiger partial charge is 0.309 e. The maximum atomic E-state index is 2.62. The van der Waals surface area contributed by atoms with Crippen molar-refractivity contribution in [3.63, 3.8) is 0 Å². The van der Waals surface area contributed by atoms with Gasteiger partial charge in [-0.3, -0.25) is 0 Å². The molecule has 16 heavy (non-hydrogen) atoms. The molecule has 0 heterocycles. The van der Waals surface area contributed by atoms with E-state index < -0.39 is 0 Å². The van der Waals surface area contributed by atoms with Crippen molar-refractivity contribution in [3.8, 4) is 0 Å². The molecule has 0 fully saturated rings. The third-order valence-electron chi connectivity index (χ3n) is 3.02. The lowest BCUT2D eigenvalue weighted by atomic mass is 10.1. The summed E-state index contributed by atoms with van der Waals surface area (Å²) < 4.78 is 0. The maximum absolute atomic E-state index is 2.62. The Kier molecular flexibility index (Phi) is 8.96. The summed E-state index contributed by atoms with van der Waals surface area (Å²) in [5, 5.41) is 0. The summed E-state index contributed by atoms with van der Waals surface area (Å²) in [5.74, 6) is 0.822. The molecule has 0 aliphatic heterocycles. The molecule has 0 amide bonds. The van der Waals surface area contributed by atoms with E-state index in [9.17, 15) is 0 Å². The van der Waals surface area contributed by atoms with Crippen LogP contribution in [-0.4, -0.2) is 49.6 Å². The van der Waals surface area contributed by atoms with Crippen molar-refractivity contribution in [3.05, 3.63) is 0 Å². The van der Waals surface area contributed by atoms with Crippen LogP contribution < -0.4 is 0 Å². The lowest BCUT2D eigenvalue weighted by Gasteiger charge is -2.27. The molecule has 0 aromatic heterocycles. The maximum Gasteiger partial charge on any atom is 0.00385 e. The molecule has 2 nitrogen and oxygen atoms in total. The van der Waals surface area contributed by atoms with Crippen molar-refractivity contribution in [2.45, 2.75) is 53.0 Å². The second-order valence-electron chi connectivity index (χ2n) is 5.82. The molecule has 0 aliphatic rings. The van der Waals surface area contributed by atoms with Crippen LogP contribution in [0.3, 0.4) is 0 Å². The molecular formula is C14H32N2. The summed E-state index contributed by atoms with van der Waals surface area (Å²) in [6.07, 6.45) is 3.97. The zero-order valence-corrected chi connectivity index (χ0v) is 12.3. The van der Waals surface area contributed by atoms with E-state index >= 15 is 0 Å². The third-order valence-corrected chi connectivity index (χ3v) is 3.02. The molecule has 0 atom stereocenters. The number of hydrogen-bond donors (Lipinski definition) is 0. The zero-order valence-electron chi connectivity index (χ0n) is 12.3. The van der Waals surface area contributed by atoms with Gasteiger partial charge < -0.3 is 9.80 Å². The minimum absolute atomic E-state index is 0.693. The van der Waals surface area contributed by atoms with Crippen LogP contribution in [0.5, 0.6) is 0 Å². The molecule has 0 aromatic rings. The van der Waals surface area contributed by atoms with Gasteiger partial charge in [-0.2, -0.15) is 0 Å². The van der Waals surface area contributed by atoms with Crippen molar-refractivity contribution in [1.29, 1.82) is 0 Å². The van der Waals surface area contributed by atoms with Crippen LogP contribution in [0.25, 0.3) is 0 Å². The summed E-state index contributed by atoms with van der Waals surface area (Å²) in [6.45, 7) is 13.0. The monoisotopic (exact) mass is 228 g/mol. The molecule has 0 aliphatic carbocycles. The molecule has 0 N–H and O–H groups in total. The van der Waals surface area contributed by atoms with E-state index in [1.165, 1.54) is 38.9 Å². The van der Waals surface area contributed by atoms with Crippen LogP contribution in [0.15, 0.2) is 0 Å². The quantitative estimate of drug-likeness (QED) is 0.560. The second kappa shape index (κ2) is 9.00. The molecule has 0 saturated carbocycles. The van der Waals surface area contributed by atoms with Crippen LogP contribution in [-0.2, 0) is 0 Å². The molecule has 2 heteroatoms. The number of unbranched alkanes of at least 4 members (excludes halogenated alkanes) is 1. The SMILES string of the molecule is CC(C)CCN(CCCCN(C)C)C(C)C. The Morgan fingerprint density at radius 3 is 1.81 bits per heavy atom. The van der Waals surface area contributed by atoms with E-state index in [4.69, 9.17) is 0 Å². The molecule has 0 saturated heterocycles. The van der Waals surface area contributed by atoms with Gasteiger partial charge in [-0.05, 0) is 72.8 Å². The number of rotatable bonds is 9. The minimum Gasteiger partial charge on any atom is -0.309 e. The third kappa shape index (κ3) is 9.17. The Balaban J connectivity index is 3.68. The van der Waals surface area contributed by atoms with E-state index in [0.29, 0.717) is 6.04 Å². The summed E-state index contributed by atoms with van der Waals surface area (Å²) in [5.41, 5.74) is 0. The van der Waals surface area contributed by atoms with Crippen LogP contribution in [0.2, 0.25) is 0 Å². The molecule has 0 unspecified atom stereocenters. The first-order valence-corrected chi connectivity index (χ1v) is 6.82. The highest BCUT2D eigenvalue weighted by molar-refractivity contribution is 4.64. The first kappa shape index (κ1) is 15.9. The standard InChI is InChI=1S/C14H32N2/c1-13(2)9-12-16(14(3)4)11-8-7-10-15(5)6/h13-14H,7-12H2,1-6H3. The van der Waals surface area contributed by atoms with Crippen molar-refractivity contribution in [2.75, 3.05) is 33.7 Å². The van der Waals surface area contributed by atoms with Crippen molar-refractivity contribution in [1.82, 2.24) is 9.80 Å². The molecular weight excluding hydrogens is 196 g/mol. The summed E-state index contributed by atoms with van der Waals surface area (Å²) >= 11 is 0. The van der Waals surface area contributed by atoms with E-state index in [2.05, 4.69) is 51.6 Å². The van der Waals surface area contributed by atoms with Crippen molar-refractivity contribution >= 4 is 0 Å². The van der Waals surface area contributed by atoms with E-state index in [1.54, 1.807) is 0 Å². The molecule has 98 valence electrons. The Bertz CT molecular complexity index is 153. The van der Waals surface area contributed by atoms with Gasteiger partial charge in [0.25, 0.3) is 0 Å². The normalized spacial score (nSPS) is 12.4. The second-order valence-corrected chi connectivity index (χ2v) is 5.82. The molecule has 0 radical (unpaired) electrons. The van der Waals surface area contributed by atoms with E-state index in [-0.39, 0.29) is 0 Å². The molecule has 0 rings (SSSR count). The van der Waals surface area contributed by atoms with Gasteiger partial charge in [0.15, 0.2) is 0 Å². The molecule has 0 aromatic carbocycles. The number of nitrogens with zero attached hydrogens (tertiary/aromatic N) is 2. The highest BCUT2D eigenvalue weighted by Crippen LogP contribution is 2.07. The van der Waals surface area contributed by atoms with Gasteiger partial charge in [0, 0.05) is 6.04 Å². The van der Waals surface area contributed by atoms with Gasteiger partial charge in [-0.15, -0.1) is 0 Å². The van der Waals surface area contributed by atoms with E-state index in [0.717, 1.165) is 5.92 Å². The highest BCUT2D eigenvalue weighted by Gasteiger charge is 2.09. The fourth-order valence-corrected chi connectivity index (χ4v) is 1.80. The average Bonchev–Trinajstić information content (AvgIpc) is 2.15. The van der Waals surface area contributed by atoms with Crippen LogP contribution in [0.1, 0.15) is 47.0 Å². The summed E-state index contributed by atoms with van der Waals surface area (Å²) in [4.78, 5) is 4.89. The zero-order chi connectivity index (χ0) is 12.6. The smallest absolute Gasteiger partial charge is 0.00385 e. The Labute approximate surface area is 103 Å². The van der Waals surface area contributed by atoms with Gasteiger partial charge in [0.2, 0.25) is 0 Å². The van der Waals surface area contributed by atoms with Gasteiger partial charge >= 0.3 is 0 Å². The molecule has 0 bridgehead atoms. The predicted molar refractivity (Wildman–Crippen MR) is 74.0 cm³/mol. The van der Waals surface area contributed by atoms with Crippen LogP contribution >= 0.6 is 0 Å². The molecule has 0 spiro atoms. The topological polar surface area (TPSA) is 6.48 Å². The summed E-state index contributed by atoms with van der Waals surface area (Å²) in [6, 6.07) is 0.693. The first-order valence-electron chi connectivity index (χ1n) is 6.82. The fraction of sp³-hybridized carbons (Fsp3) is 1.00. The van der Waals surface area contributed by atoms with E-state index in [1.807, 2.05) is 0 Å². The van der Waals surface area contributed by atoms with Crippen LogP contribution in [0.4, 0.5) is 0 Å². The lowest BCUT2D eigenvalue weighted by Crippen LogP contribution is -2.33. The predicted octanol–water partition coefficient (Wildman–Crippen LogP) is 3.08.